The van der Waals surface area contributed by atoms with Crippen LogP contribution in [0.4, 0.5) is 17.5 Å². The number of hydrogen-bond acceptors (Lipinski definition) is 8. The van der Waals surface area contributed by atoms with Gasteiger partial charge in [0.2, 0.25) is 11.8 Å². The molecule has 4 rings (SSSR count). The summed E-state index contributed by atoms with van der Waals surface area (Å²) in [6, 6.07) is 16.3. The number of aromatic nitrogens is 2. The summed E-state index contributed by atoms with van der Waals surface area (Å²) < 4.78 is 0. The van der Waals surface area contributed by atoms with E-state index in [1.54, 1.807) is 0 Å². The Kier molecular flexibility index (Phi) is 8.23. The molecule has 0 amide bonds. The zero-order valence-electron chi connectivity index (χ0n) is 19.7. The SMILES string of the molecule is NCc1cccc(-c2cccc(CNc3ncc([N+](=O)[O-])c(NCC4CCC(CO)CC4)n3)c2)c1. The Bertz CT molecular complexity index is 1150. The van der Waals surface area contributed by atoms with Gasteiger partial charge in [0.25, 0.3) is 0 Å². The predicted octanol–water partition coefficient (Wildman–Crippen LogP) is 4.33. The van der Waals surface area contributed by atoms with E-state index in [0.717, 1.165) is 47.9 Å². The summed E-state index contributed by atoms with van der Waals surface area (Å²) in [6.07, 6.45) is 5.20. The van der Waals surface area contributed by atoms with Gasteiger partial charge in [-0.15, -0.1) is 0 Å². The number of aliphatic hydroxyl groups excluding tert-OH is 1. The standard InChI is InChI=1S/C26H32N6O3/c27-13-20-3-1-5-22(11-20)23-6-2-4-21(12-23)15-29-26-30-16-24(32(34)35)25(31-26)28-14-18-7-9-19(17-33)10-8-18/h1-6,11-12,16,18-19,33H,7-10,13-15,17,27H2,(H2,28,29,30,31). The number of benzene rings is 2. The van der Waals surface area contributed by atoms with Crippen molar-refractivity contribution in [2.45, 2.75) is 38.8 Å². The van der Waals surface area contributed by atoms with Crippen LogP contribution in [0, 0.1) is 22.0 Å². The third kappa shape index (κ3) is 6.52. The maximum Gasteiger partial charge on any atom is 0.329 e. The van der Waals surface area contributed by atoms with E-state index < -0.39 is 4.92 Å². The van der Waals surface area contributed by atoms with Crippen LogP contribution in [0.3, 0.4) is 0 Å². The van der Waals surface area contributed by atoms with E-state index in [1.165, 1.54) is 6.20 Å². The van der Waals surface area contributed by atoms with E-state index in [9.17, 15) is 15.2 Å². The van der Waals surface area contributed by atoms with Gasteiger partial charge in [-0.1, -0.05) is 36.4 Å². The summed E-state index contributed by atoms with van der Waals surface area (Å²) in [6.45, 7) is 1.81. The summed E-state index contributed by atoms with van der Waals surface area (Å²) in [4.78, 5) is 19.6. The lowest BCUT2D eigenvalue weighted by Gasteiger charge is -2.27. The summed E-state index contributed by atoms with van der Waals surface area (Å²) in [5.74, 6) is 1.34. The van der Waals surface area contributed by atoms with Crippen molar-refractivity contribution in [3.8, 4) is 11.1 Å². The number of nitrogens with zero attached hydrogens (tertiary/aromatic N) is 3. The molecular weight excluding hydrogens is 444 g/mol. The predicted molar refractivity (Wildman–Crippen MR) is 137 cm³/mol. The lowest BCUT2D eigenvalue weighted by Crippen LogP contribution is -2.23. The Morgan fingerprint density at radius 1 is 1.00 bits per heavy atom. The highest BCUT2D eigenvalue weighted by Crippen LogP contribution is 2.30. The van der Waals surface area contributed by atoms with Crippen LogP contribution < -0.4 is 16.4 Å². The highest BCUT2D eigenvalue weighted by atomic mass is 16.6. The number of aliphatic hydroxyl groups is 1. The molecule has 9 heteroatoms. The van der Waals surface area contributed by atoms with Crippen LogP contribution in [0.5, 0.6) is 0 Å². The second-order valence-electron chi connectivity index (χ2n) is 9.09. The Morgan fingerprint density at radius 3 is 2.31 bits per heavy atom. The van der Waals surface area contributed by atoms with E-state index in [1.807, 2.05) is 24.3 Å². The van der Waals surface area contributed by atoms with Crippen molar-refractivity contribution in [2.75, 3.05) is 23.8 Å². The van der Waals surface area contributed by atoms with E-state index in [2.05, 4.69) is 44.9 Å². The largest absolute Gasteiger partial charge is 0.396 e. The number of rotatable bonds is 10. The molecule has 3 aromatic rings. The zero-order chi connectivity index (χ0) is 24.6. The third-order valence-corrected chi connectivity index (χ3v) is 6.62. The molecule has 35 heavy (non-hydrogen) atoms. The fraction of sp³-hybridized carbons (Fsp3) is 0.385. The first-order chi connectivity index (χ1) is 17.1. The van der Waals surface area contributed by atoms with Gasteiger partial charge in [-0.2, -0.15) is 4.98 Å². The second-order valence-corrected chi connectivity index (χ2v) is 9.09. The van der Waals surface area contributed by atoms with E-state index in [-0.39, 0.29) is 18.1 Å². The van der Waals surface area contributed by atoms with Crippen LogP contribution in [0.2, 0.25) is 0 Å². The van der Waals surface area contributed by atoms with Gasteiger partial charge in [0.05, 0.1) is 4.92 Å². The Labute approximate surface area is 205 Å². The van der Waals surface area contributed by atoms with Crippen molar-refractivity contribution >= 4 is 17.5 Å². The van der Waals surface area contributed by atoms with Crippen molar-refractivity contribution in [3.63, 3.8) is 0 Å². The average molecular weight is 477 g/mol. The lowest BCUT2D eigenvalue weighted by atomic mass is 9.82. The maximum absolute atomic E-state index is 11.5. The highest BCUT2D eigenvalue weighted by molar-refractivity contribution is 5.65. The molecule has 0 unspecified atom stereocenters. The van der Waals surface area contributed by atoms with Crippen molar-refractivity contribution in [2.24, 2.45) is 17.6 Å². The molecule has 184 valence electrons. The molecule has 1 heterocycles. The molecule has 1 aliphatic rings. The van der Waals surface area contributed by atoms with Crippen molar-refractivity contribution in [1.82, 2.24) is 9.97 Å². The topological polar surface area (TPSA) is 139 Å². The van der Waals surface area contributed by atoms with Gasteiger partial charge >= 0.3 is 5.69 Å². The first kappa shape index (κ1) is 24.6. The number of hydrogen-bond donors (Lipinski definition) is 4. The molecule has 1 saturated carbocycles. The number of anilines is 2. The zero-order valence-corrected chi connectivity index (χ0v) is 19.7. The molecule has 1 aliphatic carbocycles. The quantitative estimate of drug-likeness (QED) is 0.250. The maximum atomic E-state index is 11.5. The van der Waals surface area contributed by atoms with Crippen LogP contribution in [0.1, 0.15) is 36.8 Å². The van der Waals surface area contributed by atoms with E-state index >= 15 is 0 Å². The van der Waals surface area contributed by atoms with Crippen LogP contribution in [0.15, 0.2) is 54.7 Å². The first-order valence-corrected chi connectivity index (χ1v) is 12.0. The number of nitro groups is 1. The van der Waals surface area contributed by atoms with Gasteiger partial charge in [0.15, 0.2) is 0 Å². The van der Waals surface area contributed by atoms with Gasteiger partial charge in [0.1, 0.15) is 6.20 Å². The fourth-order valence-electron chi connectivity index (χ4n) is 4.50. The molecule has 0 radical (unpaired) electrons. The van der Waals surface area contributed by atoms with Crippen LogP contribution in [-0.2, 0) is 13.1 Å². The molecule has 0 saturated heterocycles. The normalized spacial score (nSPS) is 17.7. The Balaban J connectivity index is 1.42. The molecule has 5 N–H and O–H groups in total. The van der Waals surface area contributed by atoms with Gasteiger partial charge in [0, 0.05) is 26.2 Å². The summed E-state index contributed by atoms with van der Waals surface area (Å²) in [5.41, 5.74) is 9.94. The van der Waals surface area contributed by atoms with Crippen molar-refractivity contribution in [1.29, 1.82) is 0 Å². The molecule has 9 nitrogen and oxygen atoms in total. The van der Waals surface area contributed by atoms with Gasteiger partial charge in [-0.25, -0.2) is 4.98 Å². The number of nitrogens with one attached hydrogen (secondary N) is 2. The third-order valence-electron chi connectivity index (χ3n) is 6.62. The fourth-order valence-corrected chi connectivity index (χ4v) is 4.50. The highest BCUT2D eigenvalue weighted by Gasteiger charge is 2.23. The Morgan fingerprint density at radius 2 is 1.66 bits per heavy atom. The average Bonchev–Trinajstić information content (AvgIpc) is 2.91. The van der Waals surface area contributed by atoms with Crippen LogP contribution >= 0.6 is 0 Å². The van der Waals surface area contributed by atoms with Gasteiger partial charge in [-0.3, -0.25) is 10.1 Å². The molecule has 0 spiro atoms. The summed E-state index contributed by atoms with van der Waals surface area (Å²) >= 11 is 0. The molecule has 0 bridgehead atoms. The van der Waals surface area contributed by atoms with Crippen LogP contribution in [-0.4, -0.2) is 33.1 Å². The van der Waals surface area contributed by atoms with Gasteiger partial charge < -0.3 is 21.5 Å². The van der Waals surface area contributed by atoms with Crippen molar-refractivity contribution < 1.29 is 10.0 Å². The summed E-state index contributed by atoms with van der Waals surface area (Å²) in [5, 5.41) is 27.2. The molecule has 1 fully saturated rings. The molecule has 2 aromatic carbocycles. The lowest BCUT2D eigenvalue weighted by molar-refractivity contribution is -0.384. The van der Waals surface area contributed by atoms with E-state index in [4.69, 9.17) is 5.73 Å². The summed E-state index contributed by atoms with van der Waals surface area (Å²) in [7, 11) is 0. The molecule has 1 aromatic heterocycles. The monoisotopic (exact) mass is 476 g/mol. The first-order valence-electron chi connectivity index (χ1n) is 12.0. The number of nitrogens with two attached hydrogens (primary N) is 1. The molecule has 0 aliphatic heterocycles. The molecule has 0 atom stereocenters. The minimum absolute atomic E-state index is 0.138. The smallest absolute Gasteiger partial charge is 0.329 e. The minimum atomic E-state index is -0.465. The van der Waals surface area contributed by atoms with Gasteiger partial charge in [-0.05, 0) is 71.9 Å². The Hall–Kier alpha value is -3.56. The van der Waals surface area contributed by atoms with Crippen LogP contribution in [0.25, 0.3) is 11.1 Å². The van der Waals surface area contributed by atoms with E-state index in [0.29, 0.717) is 37.4 Å². The minimum Gasteiger partial charge on any atom is -0.396 e. The van der Waals surface area contributed by atoms with Crippen molar-refractivity contribution in [3.05, 3.63) is 76.0 Å². The second kappa shape index (κ2) is 11.7. The molecular formula is C26H32N6O3.